The fourth-order valence-corrected chi connectivity index (χ4v) is 4.96. The standard InChI is InChI=1S/C26H19BrCl2N2O5S/c1-35-22-9-7-19(12-20(22)29)30-24(32)13-31-25(33)23(37-26(31)34)11-16-10-17(27)4-8-21(16)36-14-15-2-5-18(28)6-3-15/h2-12H,13-14H2,1H3,(H,30,32)/b23-11+. The Morgan fingerprint density at radius 1 is 1.05 bits per heavy atom. The van der Waals surface area contributed by atoms with Gasteiger partial charge >= 0.3 is 0 Å². The minimum absolute atomic E-state index is 0.180. The van der Waals surface area contributed by atoms with Crippen molar-refractivity contribution >= 4 is 79.7 Å². The molecule has 37 heavy (non-hydrogen) atoms. The van der Waals surface area contributed by atoms with Crippen LogP contribution in [0.3, 0.4) is 0 Å². The fourth-order valence-electron chi connectivity index (χ4n) is 3.37. The number of halogens is 3. The molecule has 7 nitrogen and oxygen atoms in total. The number of methoxy groups -OCH3 is 1. The summed E-state index contributed by atoms with van der Waals surface area (Å²) in [6.45, 7) is -0.152. The molecule has 1 saturated heterocycles. The van der Waals surface area contributed by atoms with Crippen LogP contribution in [0.1, 0.15) is 11.1 Å². The number of benzene rings is 3. The third-order valence-corrected chi connectivity index (χ3v) is 7.12. The molecule has 1 fully saturated rings. The van der Waals surface area contributed by atoms with Gasteiger partial charge in [-0.15, -0.1) is 0 Å². The van der Waals surface area contributed by atoms with Gasteiger partial charge in [0.2, 0.25) is 5.91 Å². The quantitative estimate of drug-likeness (QED) is 0.272. The topological polar surface area (TPSA) is 84.9 Å². The molecule has 11 heteroatoms. The summed E-state index contributed by atoms with van der Waals surface area (Å²) in [7, 11) is 1.48. The van der Waals surface area contributed by atoms with E-state index in [1.165, 1.54) is 13.2 Å². The fraction of sp³-hybridized carbons (Fsp3) is 0.115. The van der Waals surface area contributed by atoms with Crippen LogP contribution in [0.4, 0.5) is 10.5 Å². The molecule has 0 atom stereocenters. The number of thioether (sulfide) groups is 1. The first-order valence-electron chi connectivity index (χ1n) is 10.8. The number of amides is 3. The Morgan fingerprint density at radius 3 is 2.49 bits per heavy atom. The van der Waals surface area contributed by atoms with Crippen LogP contribution in [0.5, 0.6) is 11.5 Å². The lowest BCUT2D eigenvalue weighted by Crippen LogP contribution is -2.36. The van der Waals surface area contributed by atoms with Crippen molar-refractivity contribution in [2.24, 2.45) is 0 Å². The van der Waals surface area contributed by atoms with E-state index in [1.807, 2.05) is 18.2 Å². The average Bonchev–Trinajstić information content (AvgIpc) is 3.12. The van der Waals surface area contributed by atoms with Gasteiger partial charge < -0.3 is 14.8 Å². The number of anilines is 1. The highest BCUT2D eigenvalue weighted by Gasteiger charge is 2.36. The Bertz CT molecular complexity index is 1400. The minimum atomic E-state index is -0.568. The van der Waals surface area contributed by atoms with Crippen molar-refractivity contribution in [3.63, 3.8) is 0 Å². The molecule has 0 aliphatic carbocycles. The number of hydrogen-bond acceptors (Lipinski definition) is 6. The largest absolute Gasteiger partial charge is 0.495 e. The molecule has 4 rings (SSSR count). The van der Waals surface area contributed by atoms with Crippen LogP contribution < -0.4 is 14.8 Å². The van der Waals surface area contributed by atoms with Crippen LogP contribution in [0.2, 0.25) is 10.0 Å². The maximum absolute atomic E-state index is 13.0. The number of carbonyl (C=O) groups is 3. The summed E-state index contributed by atoms with van der Waals surface area (Å²) >= 11 is 16.2. The molecule has 0 bridgehead atoms. The first kappa shape index (κ1) is 27.1. The summed E-state index contributed by atoms with van der Waals surface area (Å²) in [5, 5.41) is 3.03. The van der Waals surface area contributed by atoms with E-state index in [-0.39, 0.29) is 11.5 Å². The van der Waals surface area contributed by atoms with Crippen molar-refractivity contribution in [3.05, 3.63) is 91.2 Å². The van der Waals surface area contributed by atoms with E-state index in [0.29, 0.717) is 32.8 Å². The van der Waals surface area contributed by atoms with Crippen LogP contribution in [0.25, 0.3) is 6.08 Å². The maximum atomic E-state index is 13.0. The van der Waals surface area contributed by atoms with Crippen molar-refractivity contribution in [2.45, 2.75) is 6.61 Å². The van der Waals surface area contributed by atoms with Crippen LogP contribution >= 0.6 is 50.9 Å². The number of nitrogens with one attached hydrogen (secondary N) is 1. The summed E-state index contributed by atoms with van der Waals surface area (Å²) in [5.74, 6) is -0.125. The number of imide groups is 1. The lowest BCUT2D eigenvalue weighted by atomic mass is 10.1. The zero-order valence-electron chi connectivity index (χ0n) is 19.3. The highest BCUT2D eigenvalue weighted by Crippen LogP contribution is 2.35. The molecule has 0 saturated carbocycles. The zero-order valence-corrected chi connectivity index (χ0v) is 23.2. The van der Waals surface area contributed by atoms with Gasteiger partial charge in [-0.05, 0) is 71.9 Å². The average molecular weight is 622 g/mol. The molecule has 1 aliphatic heterocycles. The Kier molecular flexibility index (Phi) is 8.81. The van der Waals surface area contributed by atoms with Crippen LogP contribution in [0.15, 0.2) is 70.0 Å². The highest BCUT2D eigenvalue weighted by atomic mass is 79.9. The Balaban J connectivity index is 1.46. The van der Waals surface area contributed by atoms with Crippen LogP contribution in [0, 0.1) is 0 Å². The molecule has 1 aliphatic rings. The molecule has 190 valence electrons. The second-order valence-corrected chi connectivity index (χ2v) is 10.5. The monoisotopic (exact) mass is 620 g/mol. The Hall–Kier alpha value is -2.98. The van der Waals surface area contributed by atoms with E-state index in [4.69, 9.17) is 32.7 Å². The van der Waals surface area contributed by atoms with Gasteiger partial charge in [0, 0.05) is 20.7 Å². The van der Waals surface area contributed by atoms with Crippen LogP contribution in [-0.2, 0) is 16.2 Å². The van der Waals surface area contributed by atoms with E-state index >= 15 is 0 Å². The Morgan fingerprint density at radius 2 is 1.78 bits per heavy atom. The second kappa shape index (κ2) is 12.0. The van der Waals surface area contributed by atoms with E-state index in [2.05, 4.69) is 21.2 Å². The van der Waals surface area contributed by atoms with Gasteiger partial charge in [-0.3, -0.25) is 19.3 Å². The third kappa shape index (κ3) is 6.87. The number of nitrogens with zero attached hydrogens (tertiary/aromatic N) is 1. The van der Waals surface area contributed by atoms with Gasteiger partial charge in [0.25, 0.3) is 11.1 Å². The molecule has 3 aromatic rings. The van der Waals surface area contributed by atoms with Crippen molar-refractivity contribution in [3.8, 4) is 11.5 Å². The summed E-state index contributed by atoms with van der Waals surface area (Å²) in [5.41, 5.74) is 1.93. The normalized spacial score (nSPS) is 14.3. The molecule has 0 aromatic heterocycles. The smallest absolute Gasteiger partial charge is 0.294 e. The molecule has 1 heterocycles. The van der Waals surface area contributed by atoms with Gasteiger partial charge in [-0.2, -0.15) is 0 Å². The van der Waals surface area contributed by atoms with E-state index in [0.717, 1.165) is 26.7 Å². The second-order valence-electron chi connectivity index (χ2n) is 7.76. The van der Waals surface area contributed by atoms with Crippen LogP contribution in [-0.4, -0.2) is 35.6 Å². The van der Waals surface area contributed by atoms with Gasteiger partial charge in [0.05, 0.1) is 17.0 Å². The number of rotatable bonds is 8. The zero-order chi connectivity index (χ0) is 26.5. The molecule has 0 unspecified atom stereocenters. The minimum Gasteiger partial charge on any atom is -0.495 e. The highest BCUT2D eigenvalue weighted by molar-refractivity contribution is 9.10. The summed E-state index contributed by atoms with van der Waals surface area (Å²) in [4.78, 5) is 39.2. The SMILES string of the molecule is COc1ccc(NC(=O)CN2C(=O)S/C(=C/c3cc(Br)ccc3OCc3ccc(Cl)cc3)C2=O)cc1Cl. The van der Waals surface area contributed by atoms with Gasteiger partial charge in [-0.25, -0.2) is 0 Å². The predicted octanol–water partition coefficient (Wildman–Crippen LogP) is 7.02. The third-order valence-electron chi connectivity index (χ3n) is 5.18. The molecular formula is C26H19BrCl2N2O5S. The first-order valence-corrected chi connectivity index (χ1v) is 13.2. The van der Waals surface area contributed by atoms with Gasteiger partial charge in [0.1, 0.15) is 24.7 Å². The van der Waals surface area contributed by atoms with Crippen molar-refractivity contribution in [2.75, 3.05) is 19.0 Å². The Labute approximate surface area is 235 Å². The van der Waals surface area contributed by atoms with E-state index in [9.17, 15) is 14.4 Å². The number of ether oxygens (including phenoxy) is 2. The van der Waals surface area contributed by atoms with E-state index < -0.39 is 23.6 Å². The van der Waals surface area contributed by atoms with Gasteiger partial charge in [-0.1, -0.05) is 51.3 Å². The maximum Gasteiger partial charge on any atom is 0.294 e. The lowest BCUT2D eigenvalue weighted by molar-refractivity contribution is -0.127. The van der Waals surface area contributed by atoms with Crippen molar-refractivity contribution in [1.82, 2.24) is 4.90 Å². The molecule has 0 radical (unpaired) electrons. The molecule has 0 spiro atoms. The summed E-state index contributed by atoms with van der Waals surface area (Å²) < 4.78 is 11.8. The van der Waals surface area contributed by atoms with E-state index in [1.54, 1.807) is 42.5 Å². The van der Waals surface area contributed by atoms with Crippen molar-refractivity contribution < 1.29 is 23.9 Å². The van der Waals surface area contributed by atoms with Gasteiger partial charge in [0.15, 0.2) is 0 Å². The lowest BCUT2D eigenvalue weighted by Gasteiger charge is -2.13. The number of carbonyl (C=O) groups excluding carboxylic acids is 3. The summed E-state index contributed by atoms with van der Waals surface area (Å²) in [6, 6.07) is 17.4. The molecule has 3 aromatic carbocycles. The first-order chi connectivity index (χ1) is 17.7. The number of hydrogen-bond donors (Lipinski definition) is 1. The van der Waals surface area contributed by atoms with Crippen molar-refractivity contribution in [1.29, 1.82) is 0 Å². The molecule has 3 amide bonds. The predicted molar refractivity (Wildman–Crippen MR) is 149 cm³/mol. The molecular weight excluding hydrogens is 603 g/mol. The molecule has 1 N–H and O–H groups in total. The summed E-state index contributed by atoms with van der Waals surface area (Å²) in [6.07, 6.45) is 1.58.